The first kappa shape index (κ1) is 12.0. The fraction of sp³-hybridized carbons (Fsp3) is 0.357. The van der Waals surface area contributed by atoms with Crippen molar-refractivity contribution < 1.29 is 0 Å². The molecule has 0 saturated heterocycles. The Morgan fingerprint density at radius 1 is 1.32 bits per heavy atom. The Labute approximate surface area is 112 Å². The van der Waals surface area contributed by atoms with Crippen LogP contribution in [0.4, 0.5) is 0 Å². The summed E-state index contributed by atoms with van der Waals surface area (Å²) in [5, 5.41) is 8.09. The summed E-state index contributed by atoms with van der Waals surface area (Å²) in [7, 11) is 0. The molecular weight excluding hydrogens is 238 g/mol. The standard InChI is InChI=1S/C14H17N5/c1-10(15)12-4-2-11(3-5-12)8-13-14-18-17-9-19(14)7-6-16-13/h2-5,9-10H,6-8,15H2,1H3/t10-/m0/s1. The van der Waals surface area contributed by atoms with Gasteiger partial charge in [0.05, 0.1) is 12.3 Å². The molecule has 19 heavy (non-hydrogen) atoms. The van der Waals surface area contributed by atoms with Crippen molar-refractivity contribution in [2.24, 2.45) is 10.7 Å². The van der Waals surface area contributed by atoms with Crippen LogP contribution in [0.15, 0.2) is 35.6 Å². The second-order valence-electron chi connectivity index (χ2n) is 4.88. The topological polar surface area (TPSA) is 69.1 Å². The van der Waals surface area contributed by atoms with Crippen molar-refractivity contribution in [1.29, 1.82) is 0 Å². The van der Waals surface area contributed by atoms with Gasteiger partial charge >= 0.3 is 0 Å². The first-order chi connectivity index (χ1) is 9.24. The fourth-order valence-corrected chi connectivity index (χ4v) is 2.27. The lowest BCUT2D eigenvalue weighted by molar-refractivity contribution is 0.677. The molecule has 5 heteroatoms. The maximum atomic E-state index is 5.85. The van der Waals surface area contributed by atoms with Gasteiger partial charge in [0.2, 0.25) is 0 Å². The van der Waals surface area contributed by atoms with Crippen LogP contribution in [0.1, 0.15) is 29.9 Å². The Balaban J connectivity index is 1.80. The molecule has 0 unspecified atom stereocenters. The van der Waals surface area contributed by atoms with Crippen LogP contribution in [0.25, 0.3) is 0 Å². The average molecular weight is 255 g/mol. The molecule has 2 aromatic rings. The molecule has 2 heterocycles. The highest BCUT2D eigenvalue weighted by atomic mass is 15.3. The van der Waals surface area contributed by atoms with Crippen molar-refractivity contribution in [3.63, 3.8) is 0 Å². The van der Waals surface area contributed by atoms with Gasteiger partial charge in [-0.1, -0.05) is 24.3 Å². The second-order valence-corrected chi connectivity index (χ2v) is 4.88. The highest BCUT2D eigenvalue weighted by molar-refractivity contribution is 5.99. The third kappa shape index (κ3) is 2.42. The minimum absolute atomic E-state index is 0.0733. The quantitative estimate of drug-likeness (QED) is 0.900. The Bertz CT molecular complexity index is 595. The summed E-state index contributed by atoms with van der Waals surface area (Å²) in [5.41, 5.74) is 9.24. The van der Waals surface area contributed by atoms with Crippen molar-refractivity contribution in [3.8, 4) is 0 Å². The minimum atomic E-state index is 0.0733. The van der Waals surface area contributed by atoms with Crippen LogP contribution >= 0.6 is 0 Å². The monoisotopic (exact) mass is 255 g/mol. The van der Waals surface area contributed by atoms with E-state index in [0.29, 0.717) is 0 Å². The Morgan fingerprint density at radius 3 is 2.84 bits per heavy atom. The number of fused-ring (bicyclic) bond motifs is 1. The van der Waals surface area contributed by atoms with Gasteiger partial charge in [0, 0.05) is 19.0 Å². The molecule has 0 bridgehead atoms. The van der Waals surface area contributed by atoms with Crippen LogP contribution in [0.3, 0.4) is 0 Å². The van der Waals surface area contributed by atoms with E-state index in [1.807, 2.05) is 6.92 Å². The number of nitrogens with two attached hydrogens (primary N) is 1. The number of aliphatic imine (C=N–C) groups is 1. The van der Waals surface area contributed by atoms with E-state index in [9.17, 15) is 0 Å². The lowest BCUT2D eigenvalue weighted by Gasteiger charge is -2.14. The van der Waals surface area contributed by atoms with E-state index in [0.717, 1.165) is 36.6 Å². The number of rotatable bonds is 3. The van der Waals surface area contributed by atoms with Gasteiger partial charge in [0.15, 0.2) is 5.82 Å². The molecule has 5 nitrogen and oxygen atoms in total. The molecule has 0 amide bonds. The zero-order valence-corrected chi connectivity index (χ0v) is 11.0. The predicted octanol–water partition coefficient (Wildman–Crippen LogP) is 1.34. The van der Waals surface area contributed by atoms with Gasteiger partial charge in [-0.05, 0) is 18.1 Å². The third-order valence-electron chi connectivity index (χ3n) is 3.39. The van der Waals surface area contributed by atoms with Gasteiger partial charge in [0.1, 0.15) is 6.33 Å². The maximum absolute atomic E-state index is 5.85. The zero-order chi connectivity index (χ0) is 13.2. The molecule has 1 atom stereocenters. The summed E-state index contributed by atoms with van der Waals surface area (Å²) in [6, 6.07) is 8.44. The molecule has 3 rings (SSSR count). The lowest BCUT2D eigenvalue weighted by atomic mass is 10.0. The normalized spacial score (nSPS) is 15.8. The van der Waals surface area contributed by atoms with Gasteiger partial charge in [-0.2, -0.15) is 0 Å². The Hall–Kier alpha value is -2.01. The molecule has 0 spiro atoms. The van der Waals surface area contributed by atoms with E-state index < -0.39 is 0 Å². The fourth-order valence-electron chi connectivity index (χ4n) is 2.27. The van der Waals surface area contributed by atoms with Gasteiger partial charge in [0.25, 0.3) is 0 Å². The number of benzene rings is 1. The largest absolute Gasteiger partial charge is 0.324 e. The highest BCUT2D eigenvalue weighted by Gasteiger charge is 2.16. The van der Waals surface area contributed by atoms with E-state index in [1.165, 1.54) is 5.56 Å². The molecule has 98 valence electrons. The molecule has 2 N–H and O–H groups in total. The summed E-state index contributed by atoms with van der Waals surface area (Å²) in [6.07, 6.45) is 2.56. The summed E-state index contributed by atoms with van der Waals surface area (Å²) >= 11 is 0. The molecule has 0 saturated carbocycles. The van der Waals surface area contributed by atoms with Crippen LogP contribution < -0.4 is 5.73 Å². The van der Waals surface area contributed by atoms with E-state index >= 15 is 0 Å². The van der Waals surface area contributed by atoms with Crippen molar-refractivity contribution in [1.82, 2.24) is 14.8 Å². The van der Waals surface area contributed by atoms with Crippen LogP contribution in [-0.2, 0) is 13.0 Å². The van der Waals surface area contributed by atoms with Crippen LogP contribution in [0.2, 0.25) is 0 Å². The van der Waals surface area contributed by atoms with E-state index in [-0.39, 0.29) is 6.04 Å². The van der Waals surface area contributed by atoms with Gasteiger partial charge in [-0.25, -0.2) is 0 Å². The molecule has 1 aromatic carbocycles. The van der Waals surface area contributed by atoms with Gasteiger partial charge in [-0.3, -0.25) is 4.99 Å². The second kappa shape index (κ2) is 4.93. The third-order valence-corrected chi connectivity index (χ3v) is 3.39. The molecule has 0 radical (unpaired) electrons. The van der Waals surface area contributed by atoms with Crippen molar-refractivity contribution >= 4 is 5.71 Å². The van der Waals surface area contributed by atoms with Crippen molar-refractivity contribution in [2.75, 3.05) is 6.54 Å². The summed E-state index contributed by atoms with van der Waals surface area (Å²) in [4.78, 5) is 4.56. The smallest absolute Gasteiger partial charge is 0.178 e. The SMILES string of the molecule is C[C@H](N)c1ccc(CC2=NCCn3cnnc32)cc1. The van der Waals surface area contributed by atoms with Crippen molar-refractivity contribution in [3.05, 3.63) is 47.5 Å². The molecule has 1 aliphatic rings. The highest BCUT2D eigenvalue weighted by Crippen LogP contribution is 2.14. The maximum Gasteiger partial charge on any atom is 0.178 e. The Morgan fingerprint density at radius 2 is 2.11 bits per heavy atom. The van der Waals surface area contributed by atoms with Gasteiger partial charge < -0.3 is 10.3 Å². The van der Waals surface area contributed by atoms with Gasteiger partial charge in [-0.15, -0.1) is 10.2 Å². The lowest BCUT2D eigenvalue weighted by Crippen LogP contribution is -2.20. The number of hydrogen-bond acceptors (Lipinski definition) is 4. The average Bonchev–Trinajstić information content (AvgIpc) is 2.89. The molecule has 0 fully saturated rings. The number of hydrogen-bond donors (Lipinski definition) is 1. The minimum Gasteiger partial charge on any atom is -0.324 e. The summed E-state index contributed by atoms with van der Waals surface area (Å²) < 4.78 is 2.05. The van der Waals surface area contributed by atoms with Crippen LogP contribution in [-0.4, -0.2) is 27.0 Å². The summed E-state index contributed by atoms with van der Waals surface area (Å²) in [5.74, 6) is 0.891. The predicted molar refractivity (Wildman–Crippen MR) is 74.2 cm³/mol. The van der Waals surface area contributed by atoms with E-state index in [2.05, 4.69) is 44.0 Å². The first-order valence-electron chi connectivity index (χ1n) is 6.50. The van der Waals surface area contributed by atoms with Crippen LogP contribution in [0.5, 0.6) is 0 Å². The van der Waals surface area contributed by atoms with Crippen molar-refractivity contribution in [2.45, 2.75) is 25.9 Å². The van der Waals surface area contributed by atoms with E-state index in [4.69, 9.17) is 5.73 Å². The van der Waals surface area contributed by atoms with E-state index in [1.54, 1.807) is 6.33 Å². The first-order valence-corrected chi connectivity index (χ1v) is 6.50. The zero-order valence-electron chi connectivity index (χ0n) is 11.0. The molecule has 1 aromatic heterocycles. The Kier molecular flexibility index (Phi) is 3.13. The molecule has 1 aliphatic heterocycles. The number of nitrogens with zero attached hydrogens (tertiary/aromatic N) is 4. The summed E-state index contributed by atoms with van der Waals surface area (Å²) in [6.45, 7) is 3.66. The van der Waals surface area contributed by atoms with Crippen LogP contribution in [0, 0.1) is 0 Å². The molecular formula is C14H17N5. The number of aromatic nitrogens is 3. The molecule has 0 aliphatic carbocycles.